The van der Waals surface area contributed by atoms with Gasteiger partial charge in [0.25, 0.3) is 0 Å². The second kappa shape index (κ2) is 10.9. The number of methoxy groups -OCH3 is 3. The number of hydrogen-bond donors (Lipinski definition) is 1. The number of rotatable bonds is 9. The normalized spacial score (nSPS) is 10.7. The molecule has 0 aliphatic carbocycles. The number of ether oxygens (including phenoxy) is 3. The van der Waals surface area contributed by atoms with Crippen molar-refractivity contribution in [3.8, 4) is 51.5 Å². The molecule has 0 saturated carbocycles. The number of hydrogen-bond acceptors (Lipinski definition) is 6. The molecule has 2 aromatic carbocycles. The predicted octanol–water partition coefficient (Wildman–Crippen LogP) is 5.35. The van der Waals surface area contributed by atoms with E-state index >= 15 is 0 Å². The van der Waals surface area contributed by atoms with Crippen molar-refractivity contribution in [2.75, 3.05) is 27.9 Å². The van der Waals surface area contributed by atoms with E-state index in [4.69, 9.17) is 19.2 Å². The second-order valence-corrected chi connectivity index (χ2v) is 7.94. The number of nitriles is 1. The SMILES string of the molecule is CCNCc1cccn1-c1nc(-c2ccc(F)cc2)cc(-c2cc(OC)c(OC)c(OC)c2)c1C#N. The van der Waals surface area contributed by atoms with Crippen LogP contribution in [0.5, 0.6) is 17.2 Å². The first-order valence-electron chi connectivity index (χ1n) is 11.4. The summed E-state index contributed by atoms with van der Waals surface area (Å²) in [5.41, 5.74) is 3.96. The van der Waals surface area contributed by atoms with E-state index in [0.717, 1.165) is 17.8 Å². The van der Waals surface area contributed by atoms with Crippen LogP contribution in [-0.2, 0) is 6.54 Å². The standard InChI is InChI=1S/C28H27FN4O3/c1-5-31-17-21-7-6-12-33(21)28-23(16-30)22(15-24(32-28)18-8-10-20(29)11-9-18)19-13-25(34-2)27(36-4)26(14-19)35-3/h6-15,31H,5,17H2,1-4H3. The minimum absolute atomic E-state index is 0.337. The number of halogens is 1. The zero-order valence-electron chi connectivity index (χ0n) is 20.6. The highest BCUT2D eigenvalue weighted by molar-refractivity contribution is 5.81. The van der Waals surface area contributed by atoms with E-state index in [-0.39, 0.29) is 5.82 Å². The fraction of sp³-hybridized carbons (Fsp3) is 0.214. The molecule has 184 valence electrons. The molecule has 2 aromatic heterocycles. The Morgan fingerprint density at radius 1 is 0.972 bits per heavy atom. The lowest BCUT2D eigenvalue weighted by Crippen LogP contribution is -2.16. The number of benzene rings is 2. The Balaban J connectivity index is 2.03. The largest absolute Gasteiger partial charge is 0.493 e. The van der Waals surface area contributed by atoms with Crippen LogP contribution >= 0.6 is 0 Å². The first-order valence-corrected chi connectivity index (χ1v) is 11.4. The monoisotopic (exact) mass is 486 g/mol. The Hall–Kier alpha value is -4.35. The minimum atomic E-state index is -0.337. The van der Waals surface area contributed by atoms with Crippen LogP contribution in [0.4, 0.5) is 4.39 Å². The molecule has 4 aromatic rings. The molecule has 2 heterocycles. The molecule has 0 aliphatic rings. The van der Waals surface area contributed by atoms with E-state index in [9.17, 15) is 9.65 Å². The Bertz CT molecular complexity index is 1380. The Morgan fingerprint density at radius 2 is 1.67 bits per heavy atom. The molecule has 8 heteroatoms. The molecule has 0 radical (unpaired) electrons. The van der Waals surface area contributed by atoms with Crippen molar-refractivity contribution in [3.05, 3.63) is 77.9 Å². The Kier molecular flexibility index (Phi) is 7.52. The van der Waals surface area contributed by atoms with Crippen LogP contribution in [0, 0.1) is 17.1 Å². The minimum Gasteiger partial charge on any atom is -0.493 e. The zero-order chi connectivity index (χ0) is 25.7. The highest BCUT2D eigenvalue weighted by Gasteiger charge is 2.21. The lowest BCUT2D eigenvalue weighted by Gasteiger charge is -2.18. The number of nitrogens with one attached hydrogen (secondary N) is 1. The number of aromatic nitrogens is 2. The van der Waals surface area contributed by atoms with Crippen LogP contribution < -0.4 is 19.5 Å². The fourth-order valence-electron chi connectivity index (χ4n) is 4.07. The van der Waals surface area contributed by atoms with Gasteiger partial charge in [-0.05, 0) is 66.7 Å². The van der Waals surface area contributed by atoms with Gasteiger partial charge in [-0.25, -0.2) is 9.37 Å². The van der Waals surface area contributed by atoms with Crippen LogP contribution in [0.1, 0.15) is 18.2 Å². The molecule has 0 aliphatic heterocycles. The molecule has 36 heavy (non-hydrogen) atoms. The third-order valence-corrected chi connectivity index (χ3v) is 5.85. The summed E-state index contributed by atoms with van der Waals surface area (Å²) in [4.78, 5) is 4.86. The average Bonchev–Trinajstić information content (AvgIpc) is 3.39. The zero-order valence-corrected chi connectivity index (χ0v) is 20.6. The van der Waals surface area contributed by atoms with Gasteiger partial charge in [-0.2, -0.15) is 5.26 Å². The highest BCUT2D eigenvalue weighted by Crippen LogP contribution is 2.43. The lowest BCUT2D eigenvalue weighted by molar-refractivity contribution is 0.324. The molecule has 0 atom stereocenters. The van der Waals surface area contributed by atoms with Crippen LogP contribution in [0.25, 0.3) is 28.2 Å². The molecule has 0 amide bonds. The van der Waals surface area contributed by atoms with Crippen molar-refractivity contribution in [3.63, 3.8) is 0 Å². The predicted molar refractivity (Wildman–Crippen MR) is 136 cm³/mol. The molecule has 0 unspecified atom stereocenters. The maximum Gasteiger partial charge on any atom is 0.203 e. The molecule has 0 saturated heterocycles. The first kappa shape index (κ1) is 24.8. The van der Waals surface area contributed by atoms with Crippen molar-refractivity contribution in [2.24, 2.45) is 0 Å². The molecule has 1 N–H and O–H groups in total. The van der Waals surface area contributed by atoms with Crippen LogP contribution in [-0.4, -0.2) is 37.4 Å². The van der Waals surface area contributed by atoms with Crippen LogP contribution in [0.3, 0.4) is 0 Å². The topological polar surface area (TPSA) is 81.3 Å². The van der Waals surface area contributed by atoms with Gasteiger partial charge in [-0.3, -0.25) is 0 Å². The van der Waals surface area contributed by atoms with Crippen LogP contribution in [0.2, 0.25) is 0 Å². The van der Waals surface area contributed by atoms with E-state index in [1.54, 1.807) is 38.5 Å². The quantitative estimate of drug-likeness (QED) is 0.343. The van der Waals surface area contributed by atoms with Crippen molar-refractivity contribution < 1.29 is 18.6 Å². The summed E-state index contributed by atoms with van der Waals surface area (Å²) in [6.45, 7) is 3.44. The van der Waals surface area contributed by atoms with E-state index in [0.29, 0.717) is 52.0 Å². The van der Waals surface area contributed by atoms with Gasteiger partial charge in [0.2, 0.25) is 5.75 Å². The van der Waals surface area contributed by atoms with E-state index in [2.05, 4.69) is 11.4 Å². The average molecular weight is 487 g/mol. The summed E-state index contributed by atoms with van der Waals surface area (Å²) < 4.78 is 32.1. The van der Waals surface area contributed by atoms with E-state index < -0.39 is 0 Å². The Morgan fingerprint density at radius 3 is 2.25 bits per heavy atom. The summed E-state index contributed by atoms with van der Waals surface area (Å²) in [7, 11) is 4.62. The van der Waals surface area contributed by atoms with Gasteiger partial charge < -0.3 is 24.1 Å². The molecule has 0 spiro atoms. The molecule has 0 bridgehead atoms. The highest BCUT2D eigenvalue weighted by atomic mass is 19.1. The smallest absolute Gasteiger partial charge is 0.203 e. The van der Waals surface area contributed by atoms with Gasteiger partial charge in [0.1, 0.15) is 17.4 Å². The molecule has 0 fully saturated rings. The van der Waals surface area contributed by atoms with E-state index in [1.807, 2.05) is 35.9 Å². The van der Waals surface area contributed by atoms with E-state index in [1.165, 1.54) is 19.2 Å². The van der Waals surface area contributed by atoms with Crippen molar-refractivity contribution in [1.29, 1.82) is 5.26 Å². The summed E-state index contributed by atoms with van der Waals surface area (Å²) >= 11 is 0. The van der Waals surface area contributed by atoms with Gasteiger partial charge in [0.15, 0.2) is 17.3 Å². The molecular weight excluding hydrogens is 459 g/mol. The molecule has 4 rings (SSSR count). The fourth-order valence-corrected chi connectivity index (χ4v) is 4.07. The van der Waals surface area contributed by atoms with Crippen LogP contribution in [0.15, 0.2) is 60.8 Å². The van der Waals surface area contributed by atoms with Crippen molar-refractivity contribution >= 4 is 0 Å². The van der Waals surface area contributed by atoms with Gasteiger partial charge >= 0.3 is 0 Å². The number of nitrogens with zero attached hydrogens (tertiary/aromatic N) is 3. The van der Waals surface area contributed by atoms with Gasteiger partial charge in [-0.1, -0.05) is 6.92 Å². The van der Waals surface area contributed by atoms with Crippen molar-refractivity contribution in [1.82, 2.24) is 14.9 Å². The van der Waals surface area contributed by atoms with Gasteiger partial charge in [0.05, 0.1) is 27.0 Å². The molecular formula is C28H27FN4O3. The second-order valence-electron chi connectivity index (χ2n) is 7.94. The third kappa shape index (κ3) is 4.74. The summed E-state index contributed by atoms with van der Waals surface area (Å²) in [5, 5.41) is 13.6. The lowest BCUT2D eigenvalue weighted by atomic mass is 9.97. The van der Waals surface area contributed by atoms with Gasteiger partial charge in [-0.15, -0.1) is 0 Å². The Labute approximate surface area is 209 Å². The summed E-state index contributed by atoms with van der Waals surface area (Å²) in [6, 6.07) is 17.8. The molecule has 7 nitrogen and oxygen atoms in total. The summed E-state index contributed by atoms with van der Waals surface area (Å²) in [5.74, 6) is 1.52. The maximum atomic E-state index is 13.7. The third-order valence-electron chi connectivity index (χ3n) is 5.85. The number of pyridine rings is 1. The summed E-state index contributed by atoms with van der Waals surface area (Å²) in [6.07, 6.45) is 1.88. The maximum absolute atomic E-state index is 13.7. The first-order chi connectivity index (χ1) is 17.5. The van der Waals surface area contributed by atoms with Crippen molar-refractivity contribution in [2.45, 2.75) is 13.5 Å². The van der Waals surface area contributed by atoms with Gasteiger partial charge in [0, 0.05) is 29.6 Å².